The average molecular weight is 273 g/mol. The summed E-state index contributed by atoms with van der Waals surface area (Å²) in [6.07, 6.45) is 5.09. The van der Waals surface area contributed by atoms with Crippen molar-refractivity contribution in [3.05, 3.63) is 29.8 Å². The molecule has 0 aliphatic carbocycles. The Labute approximate surface area is 121 Å². The first kappa shape index (κ1) is 14.9. The summed E-state index contributed by atoms with van der Waals surface area (Å²) in [7, 11) is 0. The molecule has 0 spiro atoms. The van der Waals surface area contributed by atoms with Crippen LogP contribution in [0.5, 0.6) is 5.75 Å². The van der Waals surface area contributed by atoms with Crippen molar-refractivity contribution in [2.75, 3.05) is 6.61 Å². The summed E-state index contributed by atoms with van der Waals surface area (Å²) in [5.41, 5.74) is 0.0397. The van der Waals surface area contributed by atoms with Gasteiger partial charge >= 0.3 is 0 Å². The molecule has 108 valence electrons. The van der Waals surface area contributed by atoms with Gasteiger partial charge in [-0.25, -0.2) is 0 Å². The summed E-state index contributed by atoms with van der Waals surface area (Å²) in [4.78, 5) is 0. The van der Waals surface area contributed by atoms with Gasteiger partial charge in [0.25, 0.3) is 0 Å². The predicted molar refractivity (Wildman–Crippen MR) is 78.6 cm³/mol. The molecule has 0 aromatic heterocycles. The highest BCUT2D eigenvalue weighted by Gasteiger charge is 2.43. The maximum atomic E-state index is 10.6. The minimum atomic E-state index is -0.805. The number of unbranched alkanes of at least 4 members (excludes halogenated alkanes) is 3. The van der Waals surface area contributed by atoms with E-state index < -0.39 is 11.5 Å². The lowest BCUT2D eigenvalue weighted by Crippen LogP contribution is -2.42. The highest BCUT2D eigenvalue weighted by molar-refractivity contribution is 5.46. The van der Waals surface area contributed by atoms with Crippen molar-refractivity contribution in [3.8, 4) is 11.8 Å². The highest BCUT2D eigenvalue weighted by Crippen LogP contribution is 2.42. The lowest BCUT2D eigenvalue weighted by Gasteiger charge is -2.36. The second kappa shape index (κ2) is 6.76. The molecule has 0 saturated carbocycles. The third kappa shape index (κ3) is 2.81. The Morgan fingerprint density at radius 3 is 2.90 bits per heavy atom. The summed E-state index contributed by atoms with van der Waals surface area (Å²) >= 11 is 0. The molecule has 2 unspecified atom stereocenters. The van der Waals surface area contributed by atoms with Crippen molar-refractivity contribution in [1.29, 1.82) is 5.26 Å². The van der Waals surface area contributed by atoms with Gasteiger partial charge in [-0.15, -0.1) is 0 Å². The lowest BCUT2D eigenvalue weighted by molar-refractivity contribution is 0.0716. The highest BCUT2D eigenvalue weighted by atomic mass is 16.5. The Balaban J connectivity index is 2.16. The summed E-state index contributed by atoms with van der Waals surface area (Å²) in [6.45, 7) is 2.67. The van der Waals surface area contributed by atoms with Crippen LogP contribution in [0.3, 0.4) is 0 Å². The van der Waals surface area contributed by atoms with Crippen LogP contribution in [0.25, 0.3) is 0 Å². The summed E-state index contributed by atoms with van der Waals surface area (Å²) in [5, 5.41) is 20.3. The van der Waals surface area contributed by atoms with Gasteiger partial charge in [0.15, 0.2) is 0 Å². The number of aliphatic hydroxyl groups is 1. The van der Waals surface area contributed by atoms with E-state index >= 15 is 0 Å². The molecule has 0 amide bonds. The largest absolute Gasteiger partial charge is 0.493 e. The monoisotopic (exact) mass is 273 g/mol. The molecule has 1 aliphatic rings. The Kier molecular flexibility index (Phi) is 5.03. The Bertz CT molecular complexity index is 480. The van der Waals surface area contributed by atoms with Gasteiger partial charge in [0.2, 0.25) is 0 Å². The number of aliphatic hydroxyl groups excluding tert-OH is 1. The lowest BCUT2D eigenvalue weighted by atomic mass is 9.71. The molecule has 2 atom stereocenters. The molecule has 1 heterocycles. The van der Waals surface area contributed by atoms with Crippen LogP contribution < -0.4 is 4.74 Å². The maximum Gasteiger partial charge on any atom is 0.124 e. The van der Waals surface area contributed by atoms with E-state index in [1.165, 1.54) is 12.8 Å². The number of ether oxygens (including phenoxy) is 1. The first-order chi connectivity index (χ1) is 9.74. The van der Waals surface area contributed by atoms with E-state index in [1.54, 1.807) is 0 Å². The second-order valence-corrected chi connectivity index (χ2v) is 5.54. The van der Waals surface area contributed by atoms with E-state index in [2.05, 4.69) is 13.0 Å². The van der Waals surface area contributed by atoms with Crippen molar-refractivity contribution in [1.82, 2.24) is 0 Å². The van der Waals surface area contributed by atoms with Crippen LogP contribution in [0.4, 0.5) is 0 Å². The van der Waals surface area contributed by atoms with Gasteiger partial charge in [0.05, 0.1) is 18.8 Å². The van der Waals surface area contributed by atoms with Crippen LogP contribution in [-0.2, 0) is 5.41 Å². The van der Waals surface area contributed by atoms with Gasteiger partial charge in [0.1, 0.15) is 11.2 Å². The molecule has 3 nitrogen and oxygen atoms in total. The fourth-order valence-electron chi connectivity index (χ4n) is 2.97. The van der Waals surface area contributed by atoms with Crippen molar-refractivity contribution in [2.24, 2.45) is 0 Å². The fraction of sp³-hybridized carbons (Fsp3) is 0.588. The van der Waals surface area contributed by atoms with Gasteiger partial charge < -0.3 is 9.84 Å². The molecule has 1 N–H and O–H groups in total. The zero-order valence-corrected chi connectivity index (χ0v) is 12.1. The Morgan fingerprint density at radius 1 is 1.35 bits per heavy atom. The van der Waals surface area contributed by atoms with Gasteiger partial charge in [-0.1, -0.05) is 50.8 Å². The van der Waals surface area contributed by atoms with E-state index in [1.807, 2.05) is 24.3 Å². The van der Waals surface area contributed by atoms with Crippen molar-refractivity contribution < 1.29 is 9.84 Å². The maximum absolute atomic E-state index is 10.6. The minimum Gasteiger partial charge on any atom is -0.493 e. The average Bonchev–Trinajstić information content (AvgIpc) is 2.50. The minimum absolute atomic E-state index is 0.497. The molecule has 1 aromatic rings. The van der Waals surface area contributed by atoms with Gasteiger partial charge in [-0.2, -0.15) is 5.26 Å². The van der Waals surface area contributed by atoms with Crippen LogP contribution >= 0.6 is 0 Å². The molecule has 0 bridgehead atoms. The molecule has 1 aliphatic heterocycles. The predicted octanol–water partition coefficient (Wildman–Crippen LogP) is 3.56. The first-order valence-electron chi connectivity index (χ1n) is 7.56. The first-order valence-corrected chi connectivity index (χ1v) is 7.56. The van der Waals surface area contributed by atoms with Crippen LogP contribution in [-0.4, -0.2) is 17.8 Å². The van der Waals surface area contributed by atoms with Crippen LogP contribution in [0, 0.1) is 11.3 Å². The quantitative estimate of drug-likeness (QED) is 0.806. The van der Waals surface area contributed by atoms with Gasteiger partial charge in [-0.3, -0.25) is 0 Å². The van der Waals surface area contributed by atoms with E-state index in [-0.39, 0.29) is 0 Å². The number of hydrogen-bond donors (Lipinski definition) is 1. The topological polar surface area (TPSA) is 53.2 Å². The number of para-hydroxylation sites is 1. The van der Waals surface area contributed by atoms with Crippen molar-refractivity contribution in [3.63, 3.8) is 0 Å². The zero-order chi connectivity index (χ0) is 14.4. The number of benzene rings is 1. The number of hydrogen-bond acceptors (Lipinski definition) is 3. The third-order valence-electron chi connectivity index (χ3n) is 4.22. The molecule has 2 rings (SSSR count). The SMILES string of the molecule is CCCCCCC(O)C1(C#N)CCOc2ccccc21. The second-order valence-electron chi connectivity index (χ2n) is 5.54. The van der Waals surface area contributed by atoms with E-state index in [9.17, 15) is 10.4 Å². The van der Waals surface area contributed by atoms with E-state index in [0.29, 0.717) is 19.4 Å². The van der Waals surface area contributed by atoms with Crippen molar-refractivity contribution >= 4 is 0 Å². The molecule has 0 radical (unpaired) electrons. The summed E-state index contributed by atoms with van der Waals surface area (Å²) < 4.78 is 5.61. The number of fused-ring (bicyclic) bond motifs is 1. The molecular weight excluding hydrogens is 250 g/mol. The third-order valence-corrected chi connectivity index (χ3v) is 4.22. The van der Waals surface area contributed by atoms with Gasteiger partial charge in [-0.05, 0) is 12.5 Å². The fourth-order valence-corrected chi connectivity index (χ4v) is 2.97. The van der Waals surface area contributed by atoms with Crippen molar-refractivity contribution in [2.45, 2.75) is 57.0 Å². The Morgan fingerprint density at radius 2 is 2.15 bits per heavy atom. The van der Waals surface area contributed by atoms with Crippen LogP contribution in [0.1, 0.15) is 51.0 Å². The number of nitriles is 1. The molecule has 3 heteroatoms. The molecule has 0 fully saturated rings. The van der Waals surface area contributed by atoms with Gasteiger partial charge in [0, 0.05) is 12.0 Å². The number of rotatable bonds is 6. The Hall–Kier alpha value is -1.53. The van der Waals surface area contributed by atoms with E-state index in [0.717, 1.165) is 24.2 Å². The zero-order valence-electron chi connectivity index (χ0n) is 12.1. The molecule has 20 heavy (non-hydrogen) atoms. The van der Waals surface area contributed by atoms with Crippen LogP contribution in [0.2, 0.25) is 0 Å². The molecule has 0 saturated heterocycles. The molecular formula is C17H23NO2. The van der Waals surface area contributed by atoms with Crippen LogP contribution in [0.15, 0.2) is 24.3 Å². The molecule has 1 aromatic carbocycles. The number of nitrogens with zero attached hydrogens (tertiary/aromatic N) is 1. The summed E-state index contributed by atoms with van der Waals surface area (Å²) in [5.74, 6) is 0.743. The smallest absolute Gasteiger partial charge is 0.124 e. The standard InChI is InChI=1S/C17H23NO2/c1-2-3-4-5-10-16(19)17(13-18)11-12-20-15-9-7-6-8-14(15)17/h6-9,16,19H,2-5,10-12H2,1H3. The van der Waals surface area contributed by atoms with E-state index in [4.69, 9.17) is 4.74 Å². The normalized spacial score (nSPS) is 22.4. The summed E-state index contributed by atoms with van der Waals surface area (Å²) in [6, 6.07) is 9.98.